The van der Waals surface area contributed by atoms with Gasteiger partial charge in [0.1, 0.15) is 0 Å². The summed E-state index contributed by atoms with van der Waals surface area (Å²) in [5.41, 5.74) is 0.657. The summed E-state index contributed by atoms with van der Waals surface area (Å²) in [5.74, 6) is -0.567. The lowest BCUT2D eigenvalue weighted by molar-refractivity contribution is -0.119. The molecule has 0 bridgehead atoms. The Hall–Kier alpha value is -1.44. The zero-order chi connectivity index (χ0) is 14.7. The van der Waals surface area contributed by atoms with Crippen molar-refractivity contribution in [2.24, 2.45) is 0 Å². The Morgan fingerprint density at radius 1 is 1.25 bits per heavy atom. The second kappa shape index (κ2) is 6.34. The number of nitrogens with zero attached hydrogens (tertiary/aromatic N) is 1. The lowest BCUT2D eigenvalue weighted by Gasteiger charge is -2.34. The summed E-state index contributed by atoms with van der Waals surface area (Å²) >= 11 is 0. The Balaban J connectivity index is 2.07. The van der Waals surface area contributed by atoms with Gasteiger partial charge >= 0.3 is 13.2 Å². The maximum absolute atomic E-state index is 12.3. The Bertz CT molecular complexity index is 412. The summed E-state index contributed by atoms with van der Waals surface area (Å²) in [6, 6.07) is 0.240. The van der Waals surface area contributed by atoms with E-state index in [4.69, 9.17) is 0 Å². The fourth-order valence-corrected chi connectivity index (χ4v) is 2.33. The molecule has 0 radical (unpaired) electrons. The maximum Gasteiger partial charge on any atom is 0.387 e. The van der Waals surface area contributed by atoms with Gasteiger partial charge in [-0.05, 0) is 6.92 Å². The average molecular weight is 296 g/mol. The van der Waals surface area contributed by atoms with Crippen molar-refractivity contribution in [1.82, 2.24) is 10.2 Å². The first kappa shape index (κ1) is 15.0. The summed E-state index contributed by atoms with van der Waals surface area (Å²) in [4.78, 5) is 1.96. The van der Waals surface area contributed by atoms with E-state index in [-0.39, 0.29) is 24.0 Å². The van der Waals surface area contributed by atoms with Gasteiger partial charge < -0.3 is 19.7 Å². The smallest absolute Gasteiger partial charge is 0.387 e. The monoisotopic (exact) mass is 296 g/mol. The van der Waals surface area contributed by atoms with Crippen LogP contribution in [0.5, 0.6) is 0 Å². The van der Waals surface area contributed by atoms with E-state index in [1.165, 1.54) is 6.08 Å². The molecule has 0 amide bonds. The number of rotatable bonds is 5. The van der Waals surface area contributed by atoms with Gasteiger partial charge in [-0.15, -0.1) is 0 Å². The first-order chi connectivity index (χ1) is 9.45. The van der Waals surface area contributed by atoms with Gasteiger partial charge in [-0.2, -0.15) is 17.6 Å². The average Bonchev–Trinajstić information content (AvgIpc) is 2.71. The highest BCUT2D eigenvalue weighted by Gasteiger charge is 2.28. The number of allylic oxidation sites excluding steroid dienone is 1. The van der Waals surface area contributed by atoms with Crippen LogP contribution in [0, 0.1) is 0 Å². The van der Waals surface area contributed by atoms with Gasteiger partial charge in [0.25, 0.3) is 0 Å². The van der Waals surface area contributed by atoms with E-state index in [1.807, 2.05) is 11.8 Å². The van der Waals surface area contributed by atoms with E-state index in [0.29, 0.717) is 18.8 Å². The third-order valence-corrected chi connectivity index (χ3v) is 3.14. The zero-order valence-electron chi connectivity index (χ0n) is 10.9. The summed E-state index contributed by atoms with van der Waals surface area (Å²) in [7, 11) is 0. The first-order valence-corrected chi connectivity index (χ1v) is 6.27. The van der Waals surface area contributed by atoms with Crippen LogP contribution in [-0.4, -0.2) is 43.8 Å². The lowest BCUT2D eigenvalue weighted by atomic mass is 10.2. The molecule has 20 heavy (non-hydrogen) atoms. The Kier molecular flexibility index (Phi) is 4.74. The van der Waals surface area contributed by atoms with E-state index >= 15 is 0 Å². The quantitative estimate of drug-likeness (QED) is 0.789. The SMILES string of the molecule is C[C@@H]1CN(C2=CC(OC(F)F)=C(OC(F)F)C2)CCN1. The molecule has 1 N–H and O–H groups in total. The van der Waals surface area contributed by atoms with Gasteiger partial charge in [0, 0.05) is 43.9 Å². The Labute approximate surface area is 114 Å². The number of piperazine rings is 1. The van der Waals surface area contributed by atoms with Crippen LogP contribution in [0.3, 0.4) is 0 Å². The topological polar surface area (TPSA) is 33.7 Å². The molecule has 1 heterocycles. The van der Waals surface area contributed by atoms with Crippen LogP contribution in [-0.2, 0) is 9.47 Å². The van der Waals surface area contributed by atoms with Gasteiger partial charge in [-0.25, -0.2) is 0 Å². The van der Waals surface area contributed by atoms with Crippen molar-refractivity contribution in [2.45, 2.75) is 32.6 Å². The number of alkyl halides is 4. The maximum atomic E-state index is 12.3. The number of nitrogens with one attached hydrogen (secondary N) is 1. The normalized spacial score (nSPS) is 23.6. The Morgan fingerprint density at radius 3 is 2.55 bits per heavy atom. The minimum Gasteiger partial charge on any atom is -0.435 e. The van der Waals surface area contributed by atoms with Crippen molar-refractivity contribution in [2.75, 3.05) is 19.6 Å². The summed E-state index contributed by atoms with van der Waals surface area (Å²) < 4.78 is 57.6. The van der Waals surface area contributed by atoms with Gasteiger partial charge in [0.2, 0.25) is 0 Å². The van der Waals surface area contributed by atoms with Gasteiger partial charge in [-0.1, -0.05) is 0 Å². The van der Waals surface area contributed by atoms with Crippen molar-refractivity contribution in [3.63, 3.8) is 0 Å². The molecule has 2 rings (SSSR count). The zero-order valence-corrected chi connectivity index (χ0v) is 10.9. The number of hydrogen-bond donors (Lipinski definition) is 1. The third kappa shape index (κ3) is 3.78. The predicted octanol–water partition coefficient (Wildman–Crippen LogP) is 2.26. The van der Waals surface area contributed by atoms with Crippen molar-refractivity contribution >= 4 is 0 Å². The second-order valence-corrected chi connectivity index (χ2v) is 4.66. The molecule has 8 heteroatoms. The minimum absolute atomic E-state index is 0.0408. The molecule has 1 fully saturated rings. The molecule has 0 unspecified atom stereocenters. The van der Waals surface area contributed by atoms with Crippen molar-refractivity contribution in [3.8, 4) is 0 Å². The first-order valence-electron chi connectivity index (χ1n) is 6.27. The molecule has 2 aliphatic rings. The molecule has 1 saturated heterocycles. The van der Waals surface area contributed by atoms with Gasteiger partial charge in [0.15, 0.2) is 11.5 Å². The van der Waals surface area contributed by atoms with E-state index in [2.05, 4.69) is 14.8 Å². The van der Waals surface area contributed by atoms with Crippen LogP contribution >= 0.6 is 0 Å². The molecule has 1 aliphatic heterocycles. The summed E-state index contributed by atoms with van der Waals surface area (Å²) in [5, 5.41) is 3.24. The predicted molar refractivity (Wildman–Crippen MR) is 62.9 cm³/mol. The van der Waals surface area contributed by atoms with Crippen LogP contribution < -0.4 is 5.32 Å². The summed E-state index contributed by atoms with van der Waals surface area (Å²) in [6.07, 6.45) is 1.39. The molecule has 0 aromatic rings. The second-order valence-electron chi connectivity index (χ2n) is 4.66. The van der Waals surface area contributed by atoms with Crippen LogP contribution in [0.15, 0.2) is 23.3 Å². The molecule has 0 aromatic heterocycles. The fraction of sp³-hybridized carbons (Fsp3) is 0.667. The van der Waals surface area contributed by atoms with Crippen molar-refractivity contribution in [1.29, 1.82) is 0 Å². The molecule has 0 spiro atoms. The molecular formula is C12H16F4N2O2. The third-order valence-electron chi connectivity index (χ3n) is 3.14. The molecule has 0 saturated carbocycles. The molecule has 1 aliphatic carbocycles. The van der Waals surface area contributed by atoms with Crippen molar-refractivity contribution < 1.29 is 27.0 Å². The van der Waals surface area contributed by atoms with Crippen LogP contribution in [0.4, 0.5) is 17.6 Å². The highest BCUT2D eigenvalue weighted by molar-refractivity contribution is 5.32. The molecular weight excluding hydrogens is 280 g/mol. The highest BCUT2D eigenvalue weighted by Crippen LogP contribution is 2.32. The molecule has 1 atom stereocenters. The van der Waals surface area contributed by atoms with Crippen LogP contribution in [0.25, 0.3) is 0 Å². The van der Waals surface area contributed by atoms with E-state index in [1.54, 1.807) is 0 Å². The van der Waals surface area contributed by atoms with Crippen molar-refractivity contribution in [3.05, 3.63) is 23.3 Å². The van der Waals surface area contributed by atoms with Gasteiger partial charge in [-0.3, -0.25) is 0 Å². The number of ether oxygens (including phenoxy) is 2. The van der Waals surface area contributed by atoms with E-state index < -0.39 is 13.2 Å². The Morgan fingerprint density at radius 2 is 1.95 bits per heavy atom. The minimum atomic E-state index is -3.07. The summed E-state index contributed by atoms with van der Waals surface area (Å²) in [6.45, 7) is -2.04. The van der Waals surface area contributed by atoms with E-state index in [9.17, 15) is 17.6 Å². The highest BCUT2D eigenvalue weighted by atomic mass is 19.3. The van der Waals surface area contributed by atoms with Crippen LogP contribution in [0.2, 0.25) is 0 Å². The molecule has 4 nitrogen and oxygen atoms in total. The van der Waals surface area contributed by atoms with Gasteiger partial charge in [0.05, 0.1) is 0 Å². The molecule has 0 aromatic carbocycles. The fourth-order valence-electron chi connectivity index (χ4n) is 2.33. The number of hydrogen-bond acceptors (Lipinski definition) is 4. The standard InChI is InChI=1S/C12H16F4N2O2/c1-7-6-18(3-2-17-7)8-4-9(19-11(13)14)10(5-8)20-12(15)16/h4,7,11-12,17H,2-3,5-6H2,1H3/t7-/m1/s1. The van der Waals surface area contributed by atoms with E-state index in [0.717, 1.165) is 6.54 Å². The van der Waals surface area contributed by atoms with Crippen LogP contribution in [0.1, 0.15) is 13.3 Å². The molecule has 114 valence electrons. The largest absolute Gasteiger partial charge is 0.435 e. The number of halogens is 4. The lowest BCUT2D eigenvalue weighted by Crippen LogP contribution is -2.48.